The van der Waals surface area contributed by atoms with Crippen molar-refractivity contribution in [1.82, 2.24) is 0 Å². The molecule has 0 fully saturated rings. The Hall–Kier alpha value is -2.82. The monoisotopic (exact) mass is 235 g/mol. The summed E-state index contributed by atoms with van der Waals surface area (Å²) in [6.45, 7) is 3.94. The zero-order chi connectivity index (χ0) is 13.5. The zero-order valence-electron chi connectivity index (χ0n) is 10.2. The lowest BCUT2D eigenvalue weighted by atomic mass is 10.0. The number of nitrogens with zero attached hydrogens (tertiary/aromatic N) is 4. The van der Waals surface area contributed by atoms with E-state index in [0.29, 0.717) is 11.1 Å². The van der Waals surface area contributed by atoms with Crippen LogP contribution < -0.4 is 0 Å². The molecule has 1 aromatic rings. The third kappa shape index (κ3) is 2.85. The minimum Gasteiger partial charge on any atom is -0.192 e. The highest BCUT2D eigenvalue weighted by atomic mass is 14.7. The van der Waals surface area contributed by atoms with Crippen molar-refractivity contribution in [2.75, 3.05) is 0 Å². The average Bonchev–Trinajstić information content (AvgIpc) is 2.43. The molecular formula is C14H11N4+. The fourth-order valence-electron chi connectivity index (χ4n) is 1.24. The molecule has 1 atom stereocenters. The number of rotatable bonds is 1. The second kappa shape index (κ2) is 6.05. The third-order valence-electron chi connectivity index (χ3n) is 2.52. The summed E-state index contributed by atoms with van der Waals surface area (Å²) in [6.07, 6.45) is 0.871. The summed E-state index contributed by atoms with van der Waals surface area (Å²) in [5, 5.41) is 26.8. The first kappa shape index (κ1) is 13.2. The van der Waals surface area contributed by atoms with Gasteiger partial charge in [-0.05, 0) is 12.1 Å². The third-order valence-corrected chi connectivity index (χ3v) is 2.52. The minimum absolute atomic E-state index is 0.109. The first-order valence-electron chi connectivity index (χ1n) is 5.50. The molecule has 0 amide bonds. The van der Waals surface area contributed by atoms with Crippen molar-refractivity contribution in [1.29, 1.82) is 15.8 Å². The summed E-state index contributed by atoms with van der Waals surface area (Å²) < 4.78 is 0. The van der Waals surface area contributed by atoms with Crippen LogP contribution in [0.4, 0.5) is 0 Å². The summed E-state index contributed by atoms with van der Waals surface area (Å²) >= 11 is 0. The van der Waals surface area contributed by atoms with Crippen LogP contribution in [0.3, 0.4) is 0 Å². The van der Waals surface area contributed by atoms with Gasteiger partial charge in [0.25, 0.3) is 6.04 Å². The molecule has 1 rings (SSSR count). The Morgan fingerprint density at radius 2 is 1.44 bits per heavy atom. The van der Waals surface area contributed by atoms with Crippen LogP contribution in [0.2, 0.25) is 0 Å². The molecule has 0 bridgehead atoms. The Morgan fingerprint density at radius 3 is 1.89 bits per heavy atom. The van der Waals surface area contributed by atoms with Crippen LogP contribution in [0.5, 0.6) is 0 Å². The first-order chi connectivity index (χ1) is 8.65. The standard InChI is InChI=1S/C14H11N4/c1-3-10(2)18-9-14-5-12(7-16)11(6-15)4-13(14)8-17/h4-5,10H,3H2,1-2H3/q+1. The molecule has 0 aliphatic carbocycles. The normalized spacial score (nSPS) is 10.2. The van der Waals surface area contributed by atoms with Gasteiger partial charge in [0.2, 0.25) is 0 Å². The summed E-state index contributed by atoms with van der Waals surface area (Å²) in [5.74, 6) is 0. The lowest BCUT2D eigenvalue weighted by Crippen LogP contribution is -1.93. The van der Waals surface area contributed by atoms with Gasteiger partial charge < -0.3 is 0 Å². The largest absolute Gasteiger partial charge is 0.312 e. The van der Waals surface area contributed by atoms with Gasteiger partial charge in [0.15, 0.2) is 0 Å². The Balaban J connectivity index is 3.37. The molecule has 0 aliphatic heterocycles. The topological polar surface area (TPSA) is 75.7 Å². The highest BCUT2D eigenvalue weighted by Crippen LogP contribution is 2.15. The van der Waals surface area contributed by atoms with E-state index in [1.165, 1.54) is 12.1 Å². The van der Waals surface area contributed by atoms with Crippen molar-refractivity contribution in [3.8, 4) is 24.3 Å². The summed E-state index contributed by atoms with van der Waals surface area (Å²) in [4.78, 5) is 4.16. The molecule has 18 heavy (non-hydrogen) atoms. The maximum Gasteiger partial charge on any atom is 0.312 e. The molecular weight excluding hydrogens is 224 g/mol. The Labute approximate surface area is 106 Å². The molecule has 0 N–H and O–H groups in total. The fraction of sp³-hybridized carbons (Fsp3) is 0.286. The molecule has 0 saturated heterocycles. The lowest BCUT2D eigenvalue weighted by Gasteiger charge is -1.95. The van der Waals surface area contributed by atoms with Gasteiger partial charge in [0, 0.05) is 13.3 Å². The van der Waals surface area contributed by atoms with Crippen LogP contribution in [-0.2, 0) is 0 Å². The van der Waals surface area contributed by atoms with E-state index in [4.69, 9.17) is 15.8 Å². The zero-order valence-corrected chi connectivity index (χ0v) is 10.2. The van der Waals surface area contributed by atoms with Gasteiger partial charge >= 0.3 is 6.07 Å². The summed E-state index contributed by atoms with van der Waals surface area (Å²) in [5.41, 5.74) is 1.19. The van der Waals surface area contributed by atoms with Gasteiger partial charge in [0.05, 0.1) is 16.7 Å². The van der Waals surface area contributed by atoms with Crippen LogP contribution in [0, 0.1) is 40.1 Å². The predicted molar refractivity (Wildman–Crippen MR) is 66.7 cm³/mol. The van der Waals surface area contributed by atoms with Gasteiger partial charge in [-0.1, -0.05) is 11.8 Å². The van der Waals surface area contributed by atoms with E-state index in [1.807, 2.05) is 32.1 Å². The van der Waals surface area contributed by atoms with Crippen molar-refractivity contribution < 1.29 is 0 Å². The summed E-state index contributed by atoms with van der Waals surface area (Å²) in [6, 6.07) is 11.6. The minimum atomic E-state index is 0.109. The van der Waals surface area contributed by atoms with Gasteiger partial charge in [-0.2, -0.15) is 15.8 Å². The first-order valence-corrected chi connectivity index (χ1v) is 5.50. The number of benzene rings is 1. The highest BCUT2D eigenvalue weighted by Gasteiger charge is 2.12. The van der Waals surface area contributed by atoms with Crippen molar-refractivity contribution in [3.05, 3.63) is 39.2 Å². The highest BCUT2D eigenvalue weighted by molar-refractivity contribution is 5.57. The molecule has 4 heteroatoms. The van der Waals surface area contributed by atoms with Crippen molar-refractivity contribution in [3.63, 3.8) is 0 Å². The fourth-order valence-corrected chi connectivity index (χ4v) is 1.24. The average molecular weight is 235 g/mol. The summed E-state index contributed by atoms with van der Waals surface area (Å²) in [7, 11) is 0. The van der Waals surface area contributed by atoms with Crippen LogP contribution >= 0.6 is 0 Å². The van der Waals surface area contributed by atoms with Crippen molar-refractivity contribution >= 4 is 0 Å². The van der Waals surface area contributed by atoms with E-state index in [0.717, 1.165) is 6.42 Å². The molecule has 0 spiro atoms. The van der Waals surface area contributed by atoms with Crippen molar-refractivity contribution in [2.24, 2.45) is 0 Å². The Morgan fingerprint density at radius 1 is 1.00 bits per heavy atom. The molecule has 4 nitrogen and oxygen atoms in total. The van der Waals surface area contributed by atoms with E-state index in [1.54, 1.807) is 0 Å². The van der Waals surface area contributed by atoms with E-state index < -0.39 is 0 Å². The van der Waals surface area contributed by atoms with Gasteiger partial charge in [0.1, 0.15) is 23.8 Å². The predicted octanol–water partition coefficient (Wildman–Crippen LogP) is 2.78. The van der Waals surface area contributed by atoms with Crippen LogP contribution in [0.1, 0.15) is 42.5 Å². The Bertz CT molecular complexity index is 642. The second-order valence-corrected chi connectivity index (χ2v) is 3.78. The van der Waals surface area contributed by atoms with Crippen LogP contribution in [0.25, 0.3) is 4.85 Å². The molecule has 1 unspecified atom stereocenters. The van der Waals surface area contributed by atoms with Gasteiger partial charge in [-0.15, -0.1) is 0 Å². The van der Waals surface area contributed by atoms with Crippen LogP contribution in [0.15, 0.2) is 12.1 Å². The maximum atomic E-state index is 9.00. The quantitative estimate of drug-likeness (QED) is 0.751. The number of nitriles is 3. The molecule has 0 heterocycles. The second-order valence-electron chi connectivity index (χ2n) is 3.78. The maximum absolute atomic E-state index is 9.00. The lowest BCUT2D eigenvalue weighted by molar-refractivity contribution is 0.815. The molecule has 1 aromatic carbocycles. The molecule has 0 saturated carbocycles. The van der Waals surface area contributed by atoms with E-state index >= 15 is 0 Å². The van der Waals surface area contributed by atoms with E-state index in [-0.39, 0.29) is 17.2 Å². The number of hydrogen-bond acceptors (Lipinski definition) is 3. The molecule has 0 radical (unpaired) electrons. The Kier molecular flexibility index (Phi) is 4.45. The molecule has 0 aliphatic rings. The smallest absolute Gasteiger partial charge is 0.192 e. The SMILES string of the molecule is CCC(C)[N+]#Cc1cc(C#N)c(C#N)cc1C#N. The van der Waals surface area contributed by atoms with Gasteiger partial charge in [-0.3, -0.25) is 0 Å². The van der Waals surface area contributed by atoms with E-state index in [9.17, 15) is 0 Å². The van der Waals surface area contributed by atoms with E-state index in [2.05, 4.69) is 10.9 Å². The number of hydrogen-bond donors (Lipinski definition) is 0. The van der Waals surface area contributed by atoms with Crippen LogP contribution in [-0.4, -0.2) is 6.04 Å². The van der Waals surface area contributed by atoms with Gasteiger partial charge in [-0.25, -0.2) is 0 Å². The van der Waals surface area contributed by atoms with Crippen molar-refractivity contribution in [2.45, 2.75) is 26.3 Å². The molecule has 86 valence electrons. The molecule has 0 aromatic heterocycles.